The van der Waals surface area contributed by atoms with Gasteiger partial charge in [-0.1, -0.05) is 23.2 Å². The third-order valence-corrected chi connectivity index (χ3v) is 3.71. The van der Waals surface area contributed by atoms with Gasteiger partial charge in [0.1, 0.15) is 0 Å². The minimum Gasteiger partial charge on any atom is -0.305 e. The van der Waals surface area contributed by atoms with E-state index < -0.39 is 0 Å². The molecule has 0 aliphatic carbocycles. The lowest BCUT2D eigenvalue weighted by molar-refractivity contribution is 0.102. The van der Waals surface area contributed by atoms with Crippen molar-refractivity contribution in [3.05, 3.63) is 56.6 Å². The van der Waals surface area contributed by atoms with Gasteiger partial charge in [-0.25, -0.2) is 4.98 Å². The smallest absolute Gasteiger partial charge is 0.256 e. The summed E-state index contributed by atoms with van der Waals surface area (Å²) in [6.45, 7) is 0. The van der Waals surface area contributed by atoms with E-state index in [9.17, 15) is 4.79 Å². The molecule has 18 heavy (non-hydrogen) atoms. The van der Waals surface area contributed by atoms with Gasteiger partial charge in [0, 0.05) is 16.2 Å². The Morgan fingerprint density at radius 1 is 1.22 bits per heavy atom. The number of benzene rings is 1. The molecule has 0 fully saturated rings. The molecule has 0 saturated heterocycles. The number of nitrogens with one attached hydrogen (secondary N) is 1. The fraction of sp³-hybridized carbons (Fsp3) is 0. The van der Waals surface area contributed by atoms with Crippen LogP contribution in [0.1, 0.15) is 10.4 Å². The zero-order valence-electron chi connectivity index (χ0n) is 8.95. The van der Waals surface area contributed by atoms with E-state index in [-0.39, 0.29) is 5.91 Å². The van der Waals surface area contributed by atoms with Crippen molar-refractivity contribution >= 4 is 50.9 Å². The zero-order chi connectivity index (χ0) is 13.1. The van der Waals surface area contributed by atoms with Gasteiger partial charge in [0.05, 0.1) is 10.0 Å². The lowest BCUT2D eigenvalue weighted by Gasteiger charge is -2.06. The Balaban J connectivity index is 2.22. The van der Waals surface area contributed by atoms with E-state index >= 15 is 0 Å². The van der Waals surface area contributed by atoms with Crippen molar-refractivity contribution in [1.82, 2.24) is 4.98 Å². The molecule has 0 saturated carbocycles. The van der Waals surface area contributed by atoms with Crippen molar-refractivity contribution in [2.75, 3.05) is 5.32 Å². The second-order valence-corrected chi connectivity index (χ2v) is 5.09. The van der Waals surface area contributed by atoms with Crippen molar-refractivity contribution in [2.45, 2.75) is 0 Å². The van der Waals surface area contributed by atoms with Crippen LogP contribution >= 0.6 is 39.1 Å². The first-order valence-corrected chi connectivity index (χ1v) is 6.50. The van der Waals surface area contributed by atoms with Crippen LogP contribution in [0.2, 0.25) is 10.0 Å². The number of hydrogen-bond acceptors (Lipinski definition) is 2. The van der Waals surface area contributed by atoms with Gasteiger partial charge in [-0.05, 0) is 46.3 Å². The van der Waals surface area contributed by atoms with Crippen molar-refractivity contribution in [3.8, 4) is 0 Å². The van der Waals surface area contributed by atoms with E-state index in [2.05, 4.69) is 26.2 Å². The number of amides is 1. The number of rotatable bonds is 2. The lowest BCUT2D eigenvalue weighted by atomic mass is 10.2. The molecule has 3 nitrogen and oxygen atoms in total. The zero-order valence-corrected chi connectivity index (χ0v) is 12.1. The molecule has 1 amide bonds. The number of anilines is 1. The van der Waals surface area contributed by atoms with Gasteiger partial charge < -0.3 is 5.32 Å². The molecule has 1 N–H and O–H groups in total. The summed E-state index contributed by atoms with van der Waals surface area (Å²) in [6.07, 6.45) is 1.55. The topological polar surface area (TPSA) is 42.0 Å². The maximum atomic E-state index is 11.9. The van der Waals surface area contributed by atoms with Gasteiger partial charge >= 0.3 is 0 Å². The van der Waals surface area contributed by atoms with E-state index in [4.69, 9.17) is 23.2 Å². The summed E-state index contributed by atoms with van der Waals surface area (Å²) < 4.78 is 0.733. The largest absolute Gasteiger partial charge is 0.305 e. The second-order valence-electron chi connectivity index (χ2n) is 3.42. The molecule has 0 unspecified atom stereocenters. The quantitative estimate of drug-likeness (QED) is 0.876. The Labute approximate surface area is 122 Å². The highest BCUT2D eigenvalue weighted by molar-refractivity contribution is 9.10. The summed E-state index contributed by atoms with van der Waals surface area (Å²) in [4.78, 5) is 15.9. The Hall–Kier alpha value is -1.10. The first-order valence-electron chi connectivity index (χ1n) is 4.95. The van der Waals surface area contributed by atoms with Crippen LogP contribution in [0.15, 0.2) is 41.0 Å². The fourth-order valence-corrected chi connectivity index (χ4v) is 1.89. The maximum Gasteiger partial charge on any atom is 0.256 e. The van der Waals surface area contributed by atoms with Gasteiger partial charge in [0.2, 0.25) is 0 Å². The minimum atomic E-state index is -0.315. The van der Waals surface area contributed by atoms with Crippen LogP contribution in [-0.2, 0) is 0 Å². The molecule has 0 radical (unpaired) electrons. The van der Waals surface area contributed by atoms with E-state index in [1.807, 2.05) is 0 Å². The van der Waals surface area contributed by atoms with Gasteiger partial charge in [0.25, 0.3) is 5.91 Å². The first kappa shape index (κ1) is 13.3. The Morgan fingerprint density at radius 3 is 2.67 bits per heavy atom. The van der Waals surface area contributed by atoms with Crippen LogP contribution in [0, 0.1) is 0 Å². The van der Waals surface area contributed by atoms with Crippen molar-refractivity contribution in [3.63, 3.8) is 0 Å². The highest BCUT2D eigenvalue weighted by Crippen LogP contribution is 2.24. The number of carbonyl (C=O) groups is 1. The summed E-state index contributed by atoms with van der Waals surface area (Å²) in [5.74, 6) is 0.00760. The predicted octanol–water partition coefficient (Wildman–Crippen LogP) is 4.40. The third-order valence-electron chi connectivity index (χ3n) is 2.17. The van der Waals surface area contributed by atoms with Crippen LogP contribution in [0.4, 0.5) is 5.82 Å². The van der Waals surface area contributed by atoms with Crippen LogP contribution < -0.4 is 5.32 Å². The maximum absolute atomic E-state index is 11.9. The summed E-state index contributed by atoms with van der Waals surface area (Å²) in [7, 11) is 0. The van der Waals surface area contributed by atoms with E-state index in [0.29, 0.717) is 21.4 Å². The molecule has 0 spiro atoms. The number of pyridine rings is 1. The molecule has 92 valence electrons. The van der Waals surface area contributed by atoms with Gasteiger partial charge in [0.15, 0.2) is 5.82 Å². The molecular weight excluding hydrogens is 339 g/mol. The molecule has 0 bridgehead atoms. The van der Waals surface area contributed by atoms with Crippen molar-refractivity contribution in [2.24, 2.45) is 0 Å². The van der Waals surface area contributed by atoms with Crippen LogP contribution in [0.5, 0.6) is 0 Å². The van der Waals surface area contributed by atoms with E-state index in [1.54, 1.807) is 36.5 Å². The summed E-state index contributed by atoms with van der Waals surface area (Å²) in [6, 6.07) is 8.27. The molecule has 1 aromatic heterocycles. The fourth-order valence-electron chi connectivity index (χ4n) is 1.29. The second kappa shape index (κ2) is 5.69. The minimum absolute atomic E-state index is 0.315. The summed E-state index contributed by atoms with van der Waals surface area (Å²) in [5.41, 5.74) is 0.435. The highest BCUT2D eigenvalue weighted by Gasteiger charge is 2.10. The molecule has 1 aromatic carbocycles. The summed E-state index contributed by atoms with van der Waals surface area (Å²) in [5, 5.41) is 3.47. The molecule has 1 heterocycles. The molecule has 6 heteroatoms. The summed E-state index contributed by atoms with van der Waals surface area (Å²) >= 11 is 15.1. The van der Waals surface area contributed by atoms with Crippen molar-refractivity contribution in [1.29, 1.82) is 0 Å². The third kappa shape index (κ3) is 3.02. The highest BCUT2D eigenvalue weighted by atomic mass is 79.9. The average molecular weight is 346 g/mol. The molecule has 0 atom stereocenters. The van der Waals surface area contributed by atoms with Gasteiger partial charge in [-0.2, -0.15) is 0 Å². The van der Waals surface area contributed by atoms with Crippen LogP contribution in [0.25, 0.3) is 0 Å². The Morgan fingerprint density at radius 2 is 2.00 bits per heavy atom. The normalized spacial score (nSPS) is 10.2. The first-order chi connectivity index (χ1) is 8.58. The monoisotopic (exact) mass is 344 g/mol. The standard InChI is InChI=1S/C12H7BrCl2N2O/c13-8-4-3-7(6-10(8)15)12(18)17-11-9(14)2-1-5-16-11/h1-6H,(H,16,17,18). The molecule has 2 aromatic rings. The van der Waals surface area contributed by atoms with Crippen LogP contribution in [0.3, 0.4) is 0 Å². The number of nitrogens with zero attached hydrogens (tertiary/aromatic N) is 1. The SMILES string of the molecule is O=C(Nc1ncccc1Cl)c1ccc(Br)c(Cl)c1. The van der Waals surface area contributed by atoms with Crippen LogP contribution in [-0.4, -0.2) is 10.9 Å². The molecule has 0 aliphatic rings. The van der Waals surface area contributed by atoms with E-state index in [0.717, 1.165) is 4.47 Å². The van der Waals surface area contributed by atoms with Gasteiger partial charge in [-0.15, -0.1) is 0 Å². The number of aromatic nitrogens is 1. The number of hydrogen-bond donors (Lipinski definition) is 1. The lowest BCUT2D eigenvalue weighted by Crippen LogP contribution is -2.13. The van der Waals surface area contributed by atoms with Gasteiger partial charge in [-0.3, -0.25) is 4.79 Å². The van der Waals surface area contributed by atoms with Crippen molar-refractivity contribution < 1.29 is 4.79 Å². The molecule has 2 rings (SSSR count). The van der Waals surface area contributed by atoms with E-state index in [1.165, 1.54) is 0 Å². The Bertz CT molecular complexity index is 604. The average Bonchev–Trinajstić information content (AvgIpc) is 2.35. The number of halogens is 3. The molecule has 0 aliphatic heterocycles. The predicted molar refractivity (Wildman–Crippen MR) is 76.4 cm³/mol. The molecular formula is C12H7BrCl2N2O. The number of carbonyl (C=O) groups excluding carboxylic acids is 1. The Kier molecular flexibility index (Phi) is 4.22.